The number of nitrogens with one attached hydrogen (secondary N) is 2. The summed E-state index contributed by atoms with van der Waals surface area (Å²) in [6.45, 7) is 1.29. The molecule has 8 heteroatoms. The first-order valence-corrected chi connectivity index (χ1v) is 10.1. The zero-order chi connectivity index (χ0) is 21.1. The van der Waals surface area contributed by atoms with Crippen molar-refractivity contribution in [2.24, 2.45) is 11.3 Å². The van der Waals surface area contributed by atoms with Gasteiger partial charge in [0.2, 0.25) is 5.91 Å². The van der Waals surface area contributed by atoms with Crippen molar-refractivity contribution >= 4 is 17.6 Å². The van der Waals surface area contributed by atoms with Crippen LogP contribution in [-0.4, -0.2) is 42.0 Å². The van der Waals surface area contributed by atoms with Gasteiger partial charge < -0.3 is 20.3 Å². The van der Waals surface area contributed by atoms with Crippen LogP contribution in [0.1, 0.15) is 24.8 Å². The fourth-order valence-electron chi connectivity index (χ4n) is 4.38. The molecule has 1 atom stereocenters. The third-order valence-electron chi connectivity index (χ3n) is 6.19. The molecule has 0 bridgehead atoms. The van der Waals surface area contributed by atoms with E-state index in [-0.39, 0.29) is 29.0 Å². The van der Waals surface area contributed by atoms with Crippen molar-refractivity contribution in [2.45, 2.75) is 25.8 Å². The zero-order valence-electron chi connectivity index (χ0n) is 16.9. The number of carbonyl (C=O) groups is 2. The first-order chi connectivity index (χ1) is 14.5. The molecule has 1 unspecified atom stereocenters. The number of methoxy groups -OCH3 is 1. The van der Waals surface area contributed by atoms with Crippen LogP contribution in [0.4, 0.5) is 14.9 Å². The molecule has 3 amide bonds. The third kappa shape index (κ3) is 3.94. The van der Waals surface area contributed by atoms with E-state index >= 15 is 0 Å². The first-order valence-electron chi connectivity index (χ1n) is 10.1. The Balaban J connectivity index is 1.40. The predicted octanol–water partition coefficient (Wildman–Crippen LogP) is 3.18. The van der Waals surface area contributed by atoms with Crippen LogP contribution in [0, 0.1) is 17.2 Å². The van der Waals surface area contributed by atoms with Crippen molar-refractivity contribution in [2.75, 3.05) is 25.5 Å². The smallest absolute Gasteiger partial charge is 0.321 e. The number of carbonyl (C=O) groups excluding carboxylic acids is 2. The van der Waals surface area contributed by atoms with Crippen molar-refractivity contribution in [3.05, 3.63) is 54.1 Å². The van der Waals surface area contributed by atoms with Crippen LogP contribution >= 0.6 is 0 Å². The molecule has 4 rings (SSSR count). The van der Waals surface area contributed by atoms with Gasteiger partial charge in [-0.3, -0.25) is 9.78 Å². The maximum Gasteiger partial charge on any atom is 0.321 e. The highest BCUT2D eigenvalue weighted by Gasteiger charge is 2.54. The number of aromatic nitrogens is 1. The number of hydrogen-bond acceptors (Lipinski definition) is 4. The van der Waals surface area contributed by atoms with E-state index in [1.807, 2.05) is 12.1 Å². The van der Waals surface area contributed by atoms with Gasteiger partial charge in [0.25, 0.3) is 0 Å². The van der Waals surface area contributed by atoms with Crippen LogP contribution in [0.2, 0.25) is 0 Å². The van der Waals surface area contributed by atoms with E-state index in [2.05, 4.69) is 15.6 Å². The number of amides is 3. The number of likely N-dealkylation sites (tertiary alicyclic amines) is 1. The van der Waals surface area contributed by atoms with Crippen molar-refractivity contribution in [3.8, 4) is 5.75 Å². The number of nitrogens with zero attached hydrogens (tertiary/aromatic N) is 2. The van der Waals surface area contributed by atoms with E-state index in [4.69, 9.17) is 4.74 Å². The molecule has 158 valence electrons. The number of ether oxygens (including phenoxy) is 1. The Bertz CT molecular complexity index is 933. The molecule has 1 aromatic carbocycles. The summed E-state index contributed by atoms with van der Waals surface area (Å²) in [6.07, 6.45) is 6.34. The Labute approximate surface area is 174 Å². The van der Waals surface area contributed by atoms with E-state index in [9.17, 15) is 14.0 Å². The molecule has 1 aliphatic carbocycles. The van der Waals surface area contributed by atoms with E-state index in [0.29, 0.717) is 25.3 Å². The van der Waals surface area contributed by atoms with Crippen molar-refractivity contribution in [3.63, 3.8) is 0 Å². The lowest BCUT2D eigenvalue weighted by Crippen LogP contribution is -2.45. The van der Waals surface area contributed by atoms with Gasteiger partial charge in [0.05, 0.1) is 13.0 Å². The number of benzene rings is 1. The maximum atomic E-state index is 13.9. The molecule has 30 heavy (non-hydrogen) atoms. The minimum Gasteiger partial charge on any atom is -0.494 e. The Morgan fingerprint density at radius 1 is 1.33 bits per heavy atom. The second kappa shape index (κ2) is 8.30. The number of halogens is 1. The SMILES string of the molecule is COc1ccc(NC(=O)N2CC(C(=O)NCc3cccnc3)C3(CCC3)C2)cc1F. The predicted molar refractivity (Wildman–Crippen MR) is 109 cm³/mol. The largest absolute Gasteiger partial charge is 0.494 e. The second-order valence-electron chi connectivity index (χ2n) is 8.01. The molecule has 1 saturated heterocycles. The lowest BCUT2D eigenvalue weighted by atomic mass is 9.62. The van der Waals surface area contributed by atoms with E-state index in [1.54, 1.807) is 23.4 Å². The van der Waals surface area contributed by atoms with E-state index in [0.717, 1.165) is 24.8 Å². The topological polar surface area (TPSA) is 83.6 Å². The zero-order valence-corrected chi connectivity index (χ0v) is 16.9. The summed E-state index contributed by atoms with van der Waals surface area (Å²) in [5.74, 6) is -0.710. The Hall–Kier alpha value is -3.16. The fourth-order valence-corrected chi connectivity index (χ4v) is 4.38. The molecule has 1 aliphatic heterocycles. The van der Waals surface area contributed by atoms with Gasteiger partial charge in [-0.05, 0) is 36.6 Å². The normalized spacial score (nSPS) is 19.3. The number of pyridine rings is 1. The molecular weight excluding hydrogens is 387 g/mol. The minimum atomic E-state index is -0.542. The van der Waals surface area contributed by atoms with Crippen LogP contribution in [0.15, 0.2) is 42.7 Å². The van der Waals surface area contributed by atoms with Gasteiger partial charge in [0.15, 0.2) is 11.6 Å². The van der Waals surface area contributed by atoms with Crippen molar-refractivity contribution in [1.82, 2.24) is 15.2 Å². The monoisotopic (exact) mass is 412 g/mol. The van der Waals surface area contributed by atoms with Crippen LogP contribution in [0.5, 0.6) is 5.75 Å². The molecular formula is C22H25FN4O3. The lowest BCUT2D eigenvalue weighted by Gasteiger charge is -2.41. The van der Waals surface area contributed by atoms with Gasteiger partial charge in [0.1, 0.15) is 0 Å². The average Bonchev–Trinajstić information content (AvgIpc) is 3.15. The van der Waals surface area contributed by atoms with Crippen molar-refractivity contribution in [1.29, 1.82) is 0 Å². The van der Waals surface area contributed by atoms with Gasteiger partial charge in [-0.2, -0.15) is 0 Å². The molecule has 2 N–H and O–H groups in total. The van der Waals surface area contributed by atoms with Gasteiger partial charge in [-0.1, -0.05) is 12.5 Å². The number of urea groups is 1. The maximum absolute atomic E-state index is 13.9. The summed E-state index contributed by atoms with van der Waals surface area (Å²) in [5, 5.41) is 5.72. The van der Waals surface area contributed by atoms with Crippen LogP contribution in [0.3, 0.4) is 0 Å². The number of anilines is 1. The van der Waals surface area contributed by atoms with Gasteiger partial charge in [-0.15, -0.1) is 0 Å². The van der Waals surface area contributed by atoms with Gasteiger partial charge in [-0.25, -0.2) is 9.18 Å². The van der Waals surface area contributed by atoms with E-state index in [1.165, 1.54) is 19.2 Å². The highest BCUT2D eigenvalue weighted by Crippen LogP contribution is 2.51. The standard InChI is InChI=1S/C22H25FN4O3/c1-30-19-6-5-16(10-18(19)23)26-21(29)27-13-17(22(14-27)7-3-8-22)20(28)25-12-15-4-2-9-24-11-15/h2,4-6,9-11,17H,3,7-8,12-14H2,1H3,(H,25,28)(H,26,29). The summed E-state index contributed by atoms with van der Waals surface area (Å²) >= 11 is 0. The highest BCUT2D eigenvalue weighted by molar-refractivity contribution is 5.91. The van der Waals surface area contributed by atoms with Crippen LogP contribution in [-0.2, 0) is 11.3 Å². The van der Waals surface area contributed by atoms with E-state index < -0.39 is 5.82 Å². The molecule has 7 nitrogen and oxygen atoms in total. The quantitative estimate of drug-likeness (QED) is 0.790. The Kier molecular flexibility index (Phi) is 5.57. The third-order valence-corrected chi connectivity index (χ3v) is 6.19. The molecule has 1 saturated carbocycles. The highest BCUT2D eigenvalue weighted by atomic mass is 19.1. The molecule has 2 aliphatic rings. The summed E-state index contributed by atoms with van der Waals surface area (Å²) in [5.41, 5.74) is 1.12. The minimum absolute atomic E-state index is 0.0376. The second-order valence-corrected chi connectivity index (χ2v) is 8.01. The molecule has 2 heterocycles. The number of hydrogen-bond donors (Lipinski definition) is 2. The summed E-state index contributed by atoms with van der Waals surface area (Å²) in [7, 11) is 1.39. The lowest BCUT2D eigenvalue weighted by molar-refractivity contribution is -0.129. The Morgan fingerprint density at radius 2 is 2.17 bits per heavy atom. The van der Waals surface area contributed by atoms with Crippen LogP contribution in [0.25, 0.3) is 0 Å². The average molecular weight is 412 g/mol. The van der Waals surface area contributed by atoms with Gasteiger partial charge in [0, 0.05) is 49.2 Å². The molecule has 2 fully saturated rings. The molecule has 1 aromatic heterocycles. The fraction of sp³-hybridized carbons (Fsp3) is 0.409. The first kappa shape index (κ1) is 20.1. The summed E-state index contributed by atoms with van der Waals surface area (Å²) in [4.78, 5) is 31.4. The number of rotatable bonds is 5. The van der Waals surface area contributed by atoms with Crippen molar-refractivity contribution < 1.29 is 18.7 Å². The molecule has 1 spiro atoms. The molecule has 0 radical (unpaired) electrons. The Morgan fingerprint density at radius 3 is 2.80 bits per heavy atom. The molecule has 2 aromatic rings. The van der Waals surface area contributed by atoms with Crippen LogP contribution < -0.4 is 15.4 Å². The van der Waals surface area contributed by atoms with Gasteiger partial charge >= 0.3 is 6.03 Å². The summed E-state index contributed by atoms with van der Waals surface area (Å²) < 4.78 is 18.8. The summed E-state index contributed by atoms with van der Waals surface area (Å²) in [6, 6.07) is 7.70.